The van der Waals surface area contributed by atoms with Crippen LogP contribution in [0.2, 0.25) is 0 Å². The first-order valence-corrected chi connectivity index (χ1v) is 7.19. The summed E-state index contributed by atoms with van der Waals surface area (Å²) >= 11 is 0. The van der Waals surface area contributed by atoms with Crippen molar-refractivity contribution < 1.29 is 9.90 Å². The third-order valence-electron chi connectivity index (χ3n) is 4.13. The van der Waals surface area contributed by atoms with Gasteiger partial charge < -0.3 is 10.4 Å². The normalized spacial score (nSPS) is 16.8. The number of hydrogen-bond acceptors (Lipinski definition) is 3. The Hall–Kier alpha value is -2.20. The lowest BCUT2D eigenvalue weighted by atomic mass is 9.83. The number of carbonyl (C=O) groups excluding carboxylic acids is 1. The van der Waals surface area contributed by atoms with Gasteiger partial charge in [-0.3, -0.25) is 9.78 Å². The number of nitrogens with one attached hydrogen (secondary N) is 1. The number of nitrogens with zero attached hydrogens (tertiary/aromatic N) is 1. The fourth-order valence-corrected chi connectivity index (χ4v) is 2.82. The second kappa shape index (κ2) is 5.30. The van der Waals surface area contributed by atoms with Crippen LogP contribution in [0.1, 0.15) is 36.5 Å². The summed E-state index contributed by atoms with van der Waals surface area (Å²) in [6.07, 6.45) is 5.16. The van der Waals surface area contributed by atoms with E-state index in [0.717, 1.165) is 22.4 Å². The van der Waals surface area contributed by atoms with Crippen molar-refractivity contribution in [2.75, 3.05) is 5.32 Å². The molecule has 0 fully saturated rings. The third kappa shape index (κ3) is 2.43. The highest BCUT2D eigenvalue weighted by Crippen LogP contribution is 2.35. The number of amides is 1. The summed E-state index contributed by atoms with van der Waals surface area (Å²) in [7, 11) is 0. The zero-order valence-electron chi connectivity index (χ0n) is 12.0. The highest BCUT2D eigenvalue weighted by molar-refractivity contribution is 5.93. The maximum absolute atomic E-state index is 11.4. The molecule has 3 rings (SSSR count). The Kier molecular flexibility index (Phi) is 3.47. The van der Waals surface area contributed by atoms with Crippen LogP contribution < -0.4 is 5.32 Å². The van der Waals surface area contributed by atoms with E-state index in [2.05, 4.69) is 10.3 Å². The first-order valence-electron chi connectivity index (χ1n) is 7.19. The zero-order chi connectivity index (χ0) is 14.9. The summed E-state index contributed by atoms with van der Waals surface area (Å²) in [5.74, 6) is 0.0493. The molecule has 1 aliphatic heterocycles. The van der Waals surface area contributed by atoms with E-state index >= 15 is 0 Å². The fraction of sp³-hybridized carbons (Fsp3) is 0.294. The molecule has 2 N–H and O–H groups in total. The minimum Gasteiger partial charge on any atom is -0.380 e. The third-order valence-corrected chi connectivity index (χ3v) is 4.13. The number of aromatic nitrogens is 1. The minimum atomic E-state index is -1.05. The van der Waals surface area contributed by atoms with Gasteiger partial charge in [0.2, 0.25) is 5.91 Å². The van der Waals surface area contributed by atoms with Crippen LogP contribution in [0.25, 0.3) is 0 Å². The first-order chi connectivity index (χ1) is 10.1. The van der Waals surface area contributed by atoms with Gasteiger partial charge in [-0.2, -0.15) is 0 Å². The van der Waals surface area contributed by atoms with Gasteiger partial charge in [0.05, 0.1) is 0 Å². The molecule has 1 amide bonds. The van der Waals surface area contributed by atoms with Crippen molar-refractivity contribution in [3.05, 3.63) is 59.4 Å². The molecule has 0 radical (unpaired) electrons. The molecule has 0 saturated carbocycles. The predicted molar refractivity (Wildman–Crippen MR) is 80.9 cm³/mol. The summed E-state index contributed by atoms with van der Waals surface area (Å²) in [6.45, 7) is 1.95. The fourth-order valence-electron chi connectivity index (χ4n) is 2.82. The highest BCUT2D eigenvalue weighted by Gasteiger charge is 2.30. The van der Waals surface area contributed by atoms with Crippen molar-refractivity contribution in [1.29, 1.82) is 0 Å². The minimum absolute atomic E-state index is 0.0493. The van der Waals surface area contributed by atoms with Crippen LogP contribution in [0.4, 0.5) is 5.69 Å². The molecule has 0 aliphatic carbocycles. The zero-order valence-corrected chi connectivity index (χ0v) is 12.0. The molecule has 0 spiro atoms. The van der Waals surface area contributed by atoms with Crippen LogP contribution in [-0.4, -0.2) is 16.0 Å². The molecule has 108 valence electrons. The molecule has 1 aromatic heterocycles. The molecule has 2 aromatic rings. The van der Waals surface area contributed by atoms with Crippen LogP contribution >= 0.6 is 0 Å². The number of rotatable bonds is 3. The molecule has 21 heavy (non-hydrogen) atoms. The number of fused-ring (bicyclic) bond motifs is 1. The summed E-state index contributed by atoms with van der Waals surface area (Å²) in [4.78, 5) is 15.5. The molecule has 4 nitrogen and oxygen atoms in total. The SMILES string of the molecule is CCC(O)(c1cccnc1)c1ccc2c(c1)CCC(=O)N2. The molecule has 4 heteroatoms. The van der Waals surface area contributed by atoms with E-state index in [1.807, 2.05) is 37.3 Å². The Labute approximate surface area is 123 Å². The Morgan fingerprint density at radius 3 is 2.86 bits per heavy atom. The molecule has 0 bridgehead atoms. The summed E-state index contributed by atoms with van der Waals surface area (Å²) in [5, 5.41) is 14.0. The van der Waals surface area contributed by atoms with Gasteiger partial charge in [0.1, 0.15) is 5.60 Å². The standard InChI is InChI=1S/C17H18N2O2/c1-2-17(21,14-4-3-9-18-11-14)13-6-7-15-12(10-13)5-8-16(20)19-15/h3-4,6-7,9-11,21H,2,5,8H2,1H3,(H,19,20). The quantitative estimate of drug-likeness (QED) is 0.909. The van der Waals surface area contributed by atoms with Crippen molar-refractivity contribution in [3.63, 3.8) is 0 Å². The van der Waals surface area contributed by atoms with E-state index in [9.17, 15) is 9.90 Å². The van der Waals surface area contributed by atoms with Gasteiger partial charge in [-0.1, -0.05) is 25.1 Å². The Morgan fingerprint density at radius 1 is 1.29 bits per heavy atom. The maximum atomic E-state index is 11.4. The molecule has 2 heterocycles. The van der Waals surface area contributed by atoms with Crippen molar-refractivity contribution in [2.24, 2.45) is 0 Å². The van der Waals surface area contributed by atoms with Crippen LogP contribution in [0.5, 0.6) is 0 Å². The number of benzene rings is 1. The van der Waals surface area contributed by atoms with Crippen LogP contribution in [0.3, 0.4) is 0 Å². The summed E-state index contributed by atoms with van der Waals surface area (Å²) in [5.41, 5.74) is 2.49. The lowest BCUT2D eigenvalue weighted by molar-refractivity contribution is -0.116. The lowest BCUT2D eigenvalue weighted by Crippen LogP contribution is -2.27. The van der Waals surface area contributed by atoms with E-state index in [4.69, 9.17) is 0 Å². The van der Waals surface area contributed by atoms with Gasteiger partial charge in [-0.05, 0) is 36.1 Å². The molecule has 1 aromatic carbocycles. The Morgan fingerprint density at radius 2 is 2.14 bits per heavy atom. The van der Waals surface area contributed by atoms with E-state index in [1.165, 1.54) is 0 Å². The summed E-state index contributed by atoms with van der Waals surface area (Å²) < 4.78 is 0. The topological polar surface area (TPSA) is 62.2 Å². The second-order valence-corrected chi connectivity index (χ2v) is 5.38. The molecular formula is C17H18N2O2. The molecule has 1 aliphatic rings. The lowest BCUT2D eigenvalue weighted by Gasteiger charge is -2.29. The Balaban J connectivity index is 2.04. The summed E-state index contributed by atoms with van der Waals surface area (Å²) in [6, 6.07) is 9.46. The van der Waals surface area contributed by atoms with E-state index in [1.54, 1.807) is 12.4 Å². The van der Waals surface area contributed by atoms with Crippen molar-refractivity contribution >= 4 is 11.6 Å². The predicted octanol–water partition coefficient (Wildman–Crippen LogP) is 2.61. The van der Waals surface area contributed by atoms with E-state index in [-0.39, 0.29) is 5.91 Å². The van der Waals surface area contributed by atoms with Crippen molar-refractivity contribution in [1.82, 2.24) is 4.98 Å². The average Bonchev–Trinajstić information content (AvgIpc) is 2.54. The van der Waals surface area contributed by atoms with Gasteiger partial charge in [0.25, 0.3) is 0 Å². The van der Waals surface area contributed by atoms with Crippen LogP contribution in [0, 0.1) is 0 Å². The smallest absolute Gasteiger partial charge is 0.224 e. The molecular weight excluding hydrogens is 264 g/mol. The van der Waals surface area contributed by atoms with Gasteiger partial charge in [-0.15, -0.1) is 0 Å². The number of carbonyl (C=O) groups is 1. The van der Waals surface area contributed by atoms with Crippen molar-refractivity contribution in [2.45, 2.75) is 31.8 Å². The first kappa shape index (κ1) is 13.8. The number of hydrogen-bond donors (Lipinski definition) is 2. The average molecular weight is 282 g/mol. The number of aryl methyl sites for hydroxylation is 1. The van der Waals surface area contributed by atoms with E-state index < -0.39 is 5.60 Å². The highest BCUT2D eigenvalue weighted by atomic mass is 16.3. The maximum Gasteiger partial charge on any atom is 0.224 e. The van der Waals surface area contributed by atoms with Gasteiger partial charge in [0, 0.05) is 30.1 Å². The molecule has 0 saturated heterocycles. The number of pyridine rings is 1. The second-order valence-electron chi connectivity index (χ2n) is 5.38. The van der Waals surface area contributed by atoms with Gasteiger partial charge >= 0.3 is 0 Å². The van der Waals surface area contributed by atoms with Crippen molar-refractivity contribution in [3.8, 4) is 0 Å². The van der Waals surface area contributed by atoms with E-state index in [0.29, 0.717) is 19.3 Å². The molecule has 1 unspecified atom stereocenters. The van der Waals surface area contributed by atoms with Gasteiger partial charge in [-0.25, -0.2) is 0 Å². The van der Waals surface area contributed by atoms with Gasteiger partial charge in [0.15, 0.2) is 0 Å². The molecule has 1 atom stereocenters. The monoisotopic (exact) mass is 282 g/mol. The van der Waals surface area contributed by atoms with Crippen LogP contribution in [0.15, 0.2) is 42.7 Å². The number of anilines is 1. The largest absolute Gasteiger partial charge is 0.380 e. The Bertz CT molecular complexity index is 670. The van der Waals surface area contributed by atoms with Crippen LogP contribution in [-0.2, 0) is 16.8 Å². The number of aliphatic hydroxyl groups is 1.